The fourth-order valence-corrected chi connectivity index (χ4v) is 10.2. The lowest BCUT2D eigenvalue weighted by Crippen LogP contribution is -2.30. The monoisotopic (exact) mass is 1080 g/mol. The average molecular weight is 1080 g/mol. The fourth-order valence-electron chi connectivity index (χ4n) is 10.2. The molecule has 0 aliphatic rings. The summed E-state index contributed by atoms with van der Waals surface area (Å²) in [5.74, 6) is -0.858. The molecule has 0 aliphatic carbocycles. The minimum atomic E-state index is -0.776. The number of allylic oxidation sites excluding steroid dienone is 8. The zero-order chi connectivity index (χ0) is 55.7. The molecule has 0 fully saturated rings. The molecule has 0 rings (SSSR count). The summed E-state index contributed by atoms with van der Waals surface area (Å²) in [6.45, 7) is 6.68. The Morgan fingerprint density at radius 1 is 0.260 bits per heavy atom. The van der Waals surface area contributed by atoms with E-state index in [-0.39, 0.29) is 31.1 Å². The van der Waals surface area contributed by atoms with Gasteiger partial charge in [-0.1, -0.05) is 313 Å². The molecule has 0 aromatic rings. The predicted molar refractivity (Wildman–Crippen MR) is 335 cm³/mol. The number of unbranched alkanes of at least 4 members (excludes halogenated alkanes) is 44. The molecule has 0 aromatic heterocycles. The van der Waals surface area contributed by atoms with Gasteiger partial charge in [0.25, 0.3) is 0 Å². The van der Waals surface area contributed by atoms with Gasteiger partial charge in [-0.3, -0.25) is 14.4 Å². The average Bonchev–Trinajstić information content (AvgIpc) is 3.43. The Labute approximate surface area is 479 Å². The standard InChI is InChI=1S/C71H130O6/c1-4-7-10-13-16-19-22-25-28-30-31-32-33-34-35-36-37-38-39-41-43-46-49-52-55-58-61-64-70(73)76-67-68(66-75-69(72)63-60-57-54-51-48-45-42-27-24-21-18-15-12-9-6-3)77-71(74)65-62-59-56-53-50-47-44-40-29-26-23-20-17-14-11-8-5-2/h22,25,27,30-31,33-34,42,68H,4-21,23-24,26,28-29,32,35-41,43-67H2,1-3H3/b25-22-,31-30-,34-33-,42-27-. The molecule has 6 nitrogen and oxygen atoms in total. The summed E-state index contributed by atoms with van der Waals surface area (Å²) in [6, 6.07) is 0. The van der Waals surface area contributed by atoms with Gasteiger partial charge in [0.2, 0.25) is 0 Å². The Bertz CT molecular complexity index is 1330. The molecule has 77 heavy (non-hydrogen) atoms. The smallest absolute Gasteiger partial charge is 0.306 e. The van der Waals surface area contributed by atoms with Crippen molar-refractivity contribution in [3.63, 3.8) is 0 Å². The lowest BCUT2D eigenvalue weighted by atomic mass is 10.0. The normalized spacial score (nSPS) is 12.3. The van der Waals surface area contributed by atoms with Gasteiger partial charge in [0, 0.05) is 19.3 Å². The zero-order valence-electron chi connectivity index (χ0n) is 51.7. The quantitative estimate of drug-likeness (QED) is 0.0261. The molecule has 1 unspecified atom stereocenters. The molecule has 450 valence electrons. The maximum atomic E-state index is 12.9. The molecule has 0 saturated heterocycles. The highest BCUT2D eigenvalue weighted by Crippen LogP contribution is 2.18. The van der Waals surface area contributed by atoms with E-state index >= 15 is 0 Å². The van der Waals surface area contributed by atoms with Crippen LogP contribution in [0.25, 0.3) is 0 Å². The summed E-state index contributed by atoms with van der Waals surface area (Å²) in [7, 11) is 0. The van der Waals surface area contributed by atoms with Crippen LogP contribution >= 0.6 is 0 Å². The molecule has 0 aromatic carbocycles. The first-order valence-electron chi connectivity index (χ1n) is 34.1. The third-order valence-corrected chi connectivity index (χ3v) is 15.3. The molecule has 0 spiro atoms. The van der Waals surface area contributed by atoms with Crippen LogP contribution in [0.5, 0.6) is 0 Å². The molecule has 0 bridgehead atoms. The number of hydrogen-bond donors (Lipinski definition) is 0. The zero-order valence-corrected chi connectivity index (χ0v) is 51.7. The van der Waals surface area contributed by atoms with Gasteiger partial charge < -0.3 is 14.2 Å². The van der Waals surface area contributed by atoms with Gasteiger partial charge in [0.05, 0.1) is 0 Å². The van der Waals surface area contributed by atoms with Crippen molar-refractivity contribution in [3.8, 4) is 0 Å². The second-order valence-electron chi connectivity index (χ2n) is 23.1. The molecule has 0 radical (unpaired) electrons. The van der Waals surface area contributed by atoms with Crippen molar-refractivity contribution in [2.45, 2.75) is 374 Å². The molecule has 0 aliphatic heterocycles. The van der Waals surface area contributed by atoms with Crippen molar-refractivity contribution < 1.29 is 28.6 Å². The Morgan fingerprint density at radius 3 is 0.740 bits per heavy atom. The Balaban J connectivity index is 4.27. The SMILES string of the molecule is CCCCCCC/C=C\C/C=C\C/C=C\CCCCCCCCCCCCCCC(=O)OCC(COC(=O)CCCCCCC/C=C\CCCCCCCC)OC(=O)CCCCCCCCCCCCCCCCCCC. The topological polar surface area (TPSA) is 78.9 Å². The molecule has 0 heterocycles. The predicted octanol–water partition coefficient (Wildman–Crippen LogP) is 23.3. The second-order valence-corrected chi connectivity index (χ2v) is 23.1. The van der Waals surface area contributed by atoms with Gasteiger partial charge in [0.15, 0.2) is 6.10 Å². The second kappa shape index (κ2) is 65.9. The minimum absolute atomic E-state index is 0.0724. The van der Waals surface area contributed by atoms with E-state index in [4.69, 9.17) is 14.2 Å². The Morgan fingerprint density at radius 2 is 0.468 bits per heavy atom. The van der Waals surface area contributed by atoms with E-state index in [1.165, 1.54) is 250 Å². The van der Waals surface area contributed by atoms with E-state index in [2.05, 4.69) is 69.4 Å². The fraction of sp³-hybridized carbons (Fsp3) is 0.845. The first-order valence-corrected chi connectivity index (χ1v) is 34.1. The van der Waals surface area contributed by atoms with Crippen molar-refractivity contribution in [1.82, 2.24) is 0 Å². The van der Waals surface area contributed by atoms with Crippen LogP contribution < -0.4 is 0 Å². The van der Waals surface area contributed by atoms with Gasteiger partial charge in [-0.2, -0.15) is 0 Å². The highest BCUT2D eigenvalue weighted by molar-refractivity contribution is 5.71. The number of hydrogen-bond acceptors (Lipinski definition) is 6. The summed E-state index contributed by atoms with van der Waals surface area (Å²) in [6.07, 6.45) is 82.7. The van der Waals surface area contributed by atoms with Crippen LogP contribution in [0.15, 0.2) is 48.6 Å². The first-order chi connectivity index (χ1) is 38.0. The number of carbonyl (C=O) groups excluding carboxylic acids is 3. The van der Waals surface area contributed by atoms with Crippen molar-refractivity contribution >= 4 is 17.9 Å². The Hall–Kier alpha value is -2.63. The summed E-state index contributed by atoms with van der Waals surface area (Å²) in [4.78, 5) is 38.4. The molecule has 0 N–H and O–H groups in total. The van der Waals surface area contributed by atoms with Crippen LogP contribution in [0.2, 0.25) is 0 Å². The van der Waals surface area contributed by atoms with Gasteiger partial charge in [-0.25, -0.2) is 0 Å². The van der Waals surface area contributed by atoms with E-state index in [0.717, 1.165) is 77.0 Å². The van der Waals surface area contributed by atoms with E-state index in [1.807, 2.05) is 0 Å². The van der Waals surface area contributed by atoms with Crippen molar-refractivity contribution in [3.05, 3.63) is 48.6 Å². The van der Waals surface area contributed by atoms with Gasteiger partial charge >= 0.3 is 17.9 Å². The van der Waals surface area contributed by atoms with Gasteiger partial charge in [-0.05, 0) is 83.5 Å². The maximum absolute atomic E-state index is 12.9. The van der Waals surface area contributed by atoms with Crippen LogP contribution in [-0.2, 0) is 28.6 Å². The summed E-state index contributed by atoms with van der Waals surface area (Å²) in [5.41, 5.74) is 0. The van der Waals surface area contributed by atoms with Crippen molar-refractivity contribution in [1.29, 1.82) is 0 Å². The maximum Gasteiger partial charge on any atom is 0.306 e. The third-order valence-electron chi connectivity index (χ3n) is 15.3. The molecule has 0 saturated carbocycles. The number of esters is 3. The molecule has 6 heteroatoms. The van der Waals surface area contributed by atoms with E-state index in [9.17, 15) is 14.4 Å². The molecular formula is C71H130O6. The minimum Gasteiger partial charge on any atom is -0.462 e. The summed E-state index contributed by atoms with van der Waals surface area (Å²) < 4.78 is 17.0. The molecule has 1 atom stereocenters. The number of carbonyl (C=O) groups is 3. The van der Waals surface area contributed by atoms with Gasteiger partial charge in [0.1, 0.15) is 13.2 Å². The Kier molecular flexibility index (Phi) is 63.6. The summed E-state index contributed by atoms with van der Waals surface area (Å²) >= 11 is 0. The van der Waals surface area contributed by atoms with Crippen molar-refractivity contribution in [2.75, 3.05) is 13.2 Å². The lowest BCUT2D eigenvalue weighted by Gasteiger charge is -2.18. The van der Waals surface area contributed by atoms with E-state index in [1.54, 1.807) is 0 Å². The van der Waals surface area contributed by atoms with Crippen LogP contribution in [0.1, 0.15) is 367 Å². The van der Waals surface area contributed by atoms with Crippen LogP contribution in [0.4, 0.5) is 0 Å². The van der Waals surface area contributed by atoms with Crippen LogP contribution in [0.3, 0.4) is 0 Å². The number of rotatable bonds is 63. The van der Waals surface area contributed by atoms with E-state index < -0.39 is 6.10 Å². The highest BCUT2D eigenvalue weighted by atomic mass is 16.6. The molecular weight excluding hydrogens is 949 g/mol. The third kappa shape index (κ3) is 64.1. The lowest BCUT2D eigenvalue weighted by molar-refractivity contribution is -0.167. The molecule has 0 amide bonds. The summed E-state index contributed by atoms with van der Waals surface area (Å²) in [5, 5.41) is 0. The van der Waals surface area contributed by atoms with E-state index in [0.29, 0.717) is 19.3 Å². The van der Waals surface area contributed by atoms with Gasteiger partial charge in [-0.15, -0.1) is 0 Å². The first kappa shape index (κ1) is 74.4. The van der Waals surface area contributed by atoms with Crippen LogP contribution in [0, 0.1) is 0 Å². The highest BCUT2D eigenvalue weighted by Gasteiger charge is 2.19. The number of ether oxygens (including phenoxy) is 3. The largest absolute Gasteiger partial charge is 0.462 e. The van der Waals surface area contributed by atoms with Crippen molar-refractivity contribution in [2.24, 2.45) is 0 Å². The van der Waals surface area contributed by atoms with Crippen LogP contribution in [-0.4, -0.2) is 37.2 Å².